The molecular formula is C11H16ClN. The highest BCUT2D eigenvalue weighted by atomic mass is 35.5. The van der Waals surface area contributed by atoms with Gasteiger partial charge in [-0.3, -0.25) is 0 Å². The second kappa shape index (κ2) is 4.12. The van der Waals surface area contributed by atoms with Gasteiger partial charge in [0.05, 0.1) is 0 Å². The Morgan fingerprint density at radius 3 is 2.62 bits per heavy atom. The number of halogens is 1. The summed E-state index contributed by atoms with van der Waals surface area (Å²) in [5.41, 5.74) is 7.05. The fourth-order valence-electron chi connectivity index (χ4n) is 1.16. The zero-order valence-corrected chi connectivity index (χ0v) is 8.93. The van der Waals surface area contributed by atoms with E-state index in [1.54, 1.807) is 0 Å². The first kappa shape index (κ1) is 10.6. The number of hydrogen-bond donors (Lipinski definition) is 1. The molecule has 2 N–H and O–H groups in total. The van der Waals surface area contributed by atoms with Gasteiger partial charge in [-0.2, -0.15) is 0 Å². The number of benzene rings is 1. The fraction of sp³-hybridized carbons (Fsp3) is 0.455. The Bertz CT molecular complexity index is 276. The Kier molecular flexibility index (Phi) is 3.34. The van der Waals surface area contributed by atoms with Crippen molar-refractivity contribution in [2.24, 2.45) is 5.73 Å². The molecule has 0 spiro atoms. The monoisotopic (exact) mass is 197 g/mol. The normalized spacial score (nSPS) is 11.7. The summed E-state index contributed by atoms with van der Waals surface area (Å²) in [6, 6.07) is 7.94. The lowest BCUT2D eigenvalue weighted by Crippen LogP contribution is -2.32. The summed E-state index contributed by atoms with van der Waals surface area (Å²) < 4.78 is 0. The van der Waals surface area contributed by atoms with Crippen LogP contribution in [0.5, 0.6) is 0 Å². The van der Waals surface area contributed by atoms with Crippen LogP contribution in [0.25, 0.3) is 0 Å². The average molecular weight is 198 g/mol. The first-order valence-electron chi connectivity index (χ1n) is 4.51. The van der Waals surface area contributed by atoms with E-state index in [1.165, 1.54) is 5.56 Å². The summed E-state index contributed by atoms with van der Waals surface area (Å²) in [5, 5.41) is 0.798. The van der Waals surface area contributed by atoms with Gasteiger partial charge in [-0.1, -0.05) is 23.7 Å². The molecule has 1 rings (SSSR count). The molecule has 0 atom stereocenters. The molecule has 0 saturated heterocycles. The van der Waals surface area contributed by atoms with Gasteiger partial charge < -0.3 is 5.73 Å². The summed E-state index contributed by atoms with van der Waals surface area (Å²) >= 11 is 5.86. The second-order valence-electron chi connectivity index (χ2n) is 4.12. The molecule has 0 aromatic heterocycles. The van der Waals surface area contributed by atoms with Crippen LogP contribution < -0.4 is 5.73 Å². The van der Waals surface area contributed by atoms with Crippen LogP contribution in [0.15, 0.2) is 24.3 Å². The Hall–Kier alpha value is -0.530. The predicted molar refractivity (Wildman–Crippen MR) is 58.0 cm³/mol. The smallest absolute Gasteiger partial charge is 0.0408 e. The van der Waals surface area contributed by atoms with E-state index in [0.29, 0.717) is 0 Å². The van der Waals surface area contributed by atoms with Gasteiger partial charge in [-0.25, -0.2) is 0 Å². The third-order valence-corrected chi connectivity index (χ3v) is 2.18. The molecule has 0 bridgehead atoms. The van der Waals surface area contributed by atoms with Crippen molar-refractivity contribution in [2.75, 3.05) is 0 Å². The Balaban J connectivity index is 2.55. The van der Waals surface area contributed by atoms with Crippen molar-refractivity contribution >= 4 is 11.6 Å². The number of nitrogens with two attached hydrogens (primary N) is 1. The van der Waals surface area contributed by atoms with Crippen LogP contribution in [0.2, 0.25) is 5.02 Å². The van der Waals surface area contributed by atoms with Crippen molar-refractivity contribution in [1.82, 2.24) is 0 Å². The van der Waals surface area contributed by atoms with Gasteiger partial charge in [-0.15, -0.1) is 0 Å². The van der Waals surface area contributed by atoms with Crippen molar-refractivity contribution in [3.63, 3.8) is 0 Å². The van der Waals surface area contributed by atoms with Crippen LogP contribution in [-0.4, -0.2) is 5.54 Å². The van der Waals surface area contributed by atoms with Gasteiger partial charge in [0.2, 0.25) is 0 Å². The third-order valence-electron chi connectivity index (χ3n) is 1.95. The maximum Gasteiger partial charge on any atom is 0.0408 e. The molecule has 1 aromatic rings. The van der Waals surface area contributed by atoms with E-state index < -0.39 is 0 Å². The molecule has 0 radical (unpaired) electrons. The van der Waals surface area contributed by atoms with Gasteiger partial charge >= 0.3 is 0 Å². The lowest BCUT2D eigenvalue weighted by Gasteiger charge is -2.17. The summed E-state index contributed by atoms with van der Waals surface area (Å²) in [6.45, 7) is 4.08. The van der Waals surface area contributed by atoms with Crippen LogP contribution in [0.1, 0.15) is 25.8 Å². The molecular weight excluding hydrogens is 182 g/mol. The zero-order valence-electron chi connectivity index (χ0n) is 8.18. The standard InChI is InChI=1S/C11H16ClN/c1-11(2,13)7-6-9-4-3-5-10(12)8-9/h3-5,8H,6-7,13H2,1-2H3. The summed E-state index contributed by atoms with van der Waals surface area (Å²) in [6.07, 6.45) is 1.97. The largest absolute Gasteiger partial charge is 0.326 e. The highest BCUT2D eigenvalue weighted by molar-refractivity contribution is 6.30. The molecule has 0 heterocycles. The molecule has 0 aliphatic carbocycles. The number of aryl methyl sites for hydroxylation is 1. The minimum absolute atomic E-state index is 0.0949. The first-order chi connectivity index (χ1) is 5.97. The van der Waals surface area contributed by atoms with E-state index in [9.17, 15) is 0 Å². The average Bonchev–Trinajstić information content (AvgIpc) is 2.00. The molecule has 0 unspecified atom stereocenters. The quantitative estimate of drug-likeness (QED) is 0.792. The molecule has 2 heteroatoms. The molecule has 0 fully saturated rings. The van der Waals surface area contributed by atoms with Crippen LogP contribution in [-0.2, 0) is 6.42 Å². The Morgan fingerprint density at radius 1 is 1.38 bits per heavy atom. The highest BCUT2D eigenvalue weighted by Gasteiger charge is 2.09. The van der Waals surface area contributed by atoms with Crippen molar-refractivity contribution < 1.29 is 0 Å². The van der Waals surface area contributed by atoms with Crippen LogP contribution in [0.4, 0.5) is 0 Å². The van der Waals surface area contributed by atoms with E-state index in [4.69, 9.17) is 17.3 Å². The van der Waals surface area contributed by atoms with Crippen molar-refractivity contribution in [3.05, 3.63) is 34.9 Å². The van der Waals surface area contributed by atoms with Gasteiger partial charge in [0.15, 0.2) is 0 Å². The van der Waals surface area contributed by atoms with Crippen molar-refractivity contribution in [1.29, 1.82) is 0 Å². The van der Waals surface area contributed by atoms with Crippen molar-refractivity contribution in [3.8, 4) is 0 Å². The molecule has 1 nitrogen and oxygen atoms in total. The highest BCUT2D eigenvalue weighted by Crippen LogP contribution is 2.15. The Labute approximate surface area is 84.9 Å². The minimum Gasteiger partial charge on any atom is -0.326 e. The van der Waals surface area contributed by atoms with Gasteiger partial charge in [0.25, 0.3) is 0 Å². The summed E-state index contributed by atoms with van der Waals surface area (Å²) in [4.78, 5) is 0. The summed E-state index contributed by atoms with van der Waals surface area (Å²) in [7, 11) is 0. The van der Waals surface area contributed by atoms with E-state index in [0.717, 1.165) is 17.9 Å². The zero-order chi connectivity index (χ0) is 9.90. The van der Waals surface area contributed by atoms with Crippen LogP contribution in [0, 0.1) is 0 Å². The maximum atomic E-state index is 5.89. The number of rotatable bonds is 3. The fourth-order valence-corrected chi connectivity index (χ4v) is 1.37. The summed E-state index contributed by atoms with van der Waals surface area (Å²) in [5.74, 6) is 0. The predicted octanol–water partition coefficient (Wildman–Crippen LogP) is 3.01. The molecule has 0 saturated carbocycles. The van der Waals surface area contributed by atoms with E-state index in [-0.39, 0.29) is 5.54 Å². The maximum absolute atomic E-state index is 5.89. The molecule has 13 heavy (non-hydrogen) atoms. The molecule has 0 amide bonds. The molecule has 72 valence electrons. The molecule has 0 aliphatic rings. The molecule has 0 aliphatic heterocycles. The Morgan fingerprint density at radius 2 is 2.08 bits per heavy atom. The minimum atomic E-state index is -0.0949. The number of hydrogen-bond acceptors (Lipinski definition) is 1. The molecule has 1 aromatic carbocycles. The van der Waals surface area contributed by atoms with Crippen LogP contribution >= 0.6 is 11.6 Å². The topological polar surface area (TPSA) is 26.0 Å². The van der Waals surface area contributed by atoms with Crippen LogP contribution in [0.3, 0.4) is 0 Å². The lowest BCUT2D eigenvalue weighted by molar-refractivity contribution is 0.477. The van der Waals surface area contributed by atoms with E-state index >= 15 is 0 Å². The van der Waals surface area contributed by atoms with Crippen molar-refractivity contribution in [2.45, 2.75) is 32.2 Å². The van der Waals surface area contributed by atoms with E-state index in [2.05, 4.69) is 6.07 Å². The lowest BCUT2D eigenvalue weighted by atomic mass is 9.97. The van der Waals surface area contributed by atoms with Gasteiger partial charge in [-0.05, 0) is 44.4 Å². The van der Waals surface area contributed by atoms with Gasteiger partial charge in [0.1, 0.15) is 0 Å². The SMILES string of the molecule is CC(C)(N)CCc1cccc(Cl)c1. The third kappa shape index (κ3) is 4.30. The van der Waals surface area contributed by atoms with Gasteiger partial charge in [0, 0.05) is 10.6 Å². The first-order valence-corrected chi connectivity index (χ1v) is 4.88. The second-order valence-corrected chi connectivity index (χ2v) is 4.55. The van der Waals surface area contributed by atoms with E-state index in [1.807, 2.05) is 32.0 Å².